The number of aryl methyl sites for hydroxylation is 1. The van der Waals surface area contributed by atoms with E-state index in [0.717, 1.165) is 12.8 Å². The van der Waals surface area contributed by atoms with Crippen LogP contribution in [0.3, 0.4) is 0 Å². The van der Waals surface area contributed by atoms with Crippen molar-refractivity contribution in [3.8, 4) is 0 Å². The van der Waals surface area contributed by atoms with E-state index in [2.05, 4.69) is 17.1 Å². The smallest absolute Gasteiger partial charge is 0.312 e. The zero-order chi connectivity index (χ0) is 10.9. The van der Waals surface area contributed by atoms with Crippen molar-refractivity contribution >= 4 is 11.6 Å². The maximum atomic E-state index is 5.52. The monoisotopic (exact) mass is 230 g/mol. The van der Waals surface area contributed by atoms with Crippen molar-refractivity contribution < 1.29 is 4.42 Å². The molecule has 3 nitrogen and oxygen atoms in total. The van der Waals surface area contributed by atoms with Crippen LogP contribution in [0.4, 0.5) is 0 Å². The van der Waals surface area contributed by atoms with Crippen LogP contribution in [0.5, 0.6) is 0 Å². The molecule has 0 atom stereocenters. The Bertz CT molecular complexity index is 263. The Labute approximate surface area is 96.2 Å². The highest BCUT2D eigenvalue weighted by Crippen LogP contribution is 2.11. The van der Waals surface area contributed by atoms with E-state index in [-0.39, 0.29) is 5.35 Å². The molecule has 0 radical (unpaired) electrons. The lowest BCUT2D eigenvalue weighted by atomic mass is 10.1. The molecule has 0 spiro atoms. The lowest BCUT2D eigenvalue weighted by molar-refractivity contribution is 0.478. The summed E-state index contributed by atoms with van der Waals surface area (Å²) in [5.41, 5.74) is 0. The van der Waals surface area contributed by atoms with Gasteiger partial charge in [0.25, 0.3) is 0 Å². The molecule has 1 rings (SSSR count). The standard InChI is InChI=1S/C11H19ClN2O/c1-2-3-4-5-6-7-8-9-10-13-14-11(12)15-10/h2-9H2,1H3. The fraction of sp³-hybridized carbons (Fsp3) is 0.818. The van der Waals surface area contributed by atoms with Gasteiger partial charge in [0.2, 0.25) is 5.89 Å². The molecular weight excluding hydrogens is 212 g/mol. The minimum Gasteiger partial charge on any atom is -0.412 e. The number of aromatic nitrogens is 2. The first-order valence-corrected chi connectivity index (χ1v) is 6.18. The SMILES string of the molecule is CCCCCCCCCc1nnc(Cl)o1. The first-order chi connectivity index (χ1) is 7.33. The van der Waals surface area contributed by atoms with Gasteiger partial charge in [-0.25, -0.2) is 0 Å². The quantitative estimate of drug-likeness (QED) is 0.634. The summed E-state index contributed by atoms with van der Waals surface area (Å²) < 4.78 is 5.07. The number of nitrogens with zero attached hydrogens (tertiary/aromatic N) is 2. The third-order valence-electron chi connectivity index (χ3n) is 2.44. The van der Waals surface area contributed by atoms with Crippen molar-refractivity contribution in [2.45, 2.75) is 58.3 Å². The van der Waals surface area contributed by atoms with E-state index in [0.29, 0.717) is 5.89 Å². The highest BCUT2D eigenvalue weighted by molar-refractivity contribution is 6.27. The number of rotatable bonds is 8. The van der Waals surface area contributed by atoms with E-state index in [1.54, 1.807) is 0 Å². The van der Waals surface area contributed by atoms with Crippen molar-refractivity contribution in [1.29, 1.82) is 0 Å². The molecule has 15 heavy (non-hydrogen) atoms. The minimum atomic E-state index is 0.146. The van der Waals surface area contributed by atoms with Crippen LogP contribution in [0, 0.1) is 0 Å². The lowest BCUT2D eigenvalue weighted by Crippen LogP contribution is -1.86. The van der Waals surface area contributed by atoms with Crippen molar-refractivity contribution in [3.05, 3.63) is 11.2 Å². The summed E-state index contributed by atoms with van der Waals surface area (Å²) >= 11 is 5.52. The predicted molar refractivity (Wildman–Crippen MR) is 61.0 cm³/mol. The number of hydrogen-bond acceptors (Lipinski definition) is 3. The first-order valence-electron chi connectivity index (χ1n) is 5.81. The Kier molecular flexibility index (Phi) is 6.41. The molecule has 86 valence electrons. The molecule has 0 fully saturated rings. The van der Waals surface area contributed by atoms with Crippen LogP contribution in [0.2, 0.25) is 5.35 Å². The molecule has 0 saturated carbocycles. The average Bonchev–Trinajstić information content (AvgIpc) is 2.63. The van der Waals surface area contributed by atoms with Gasteiger partial charge in [0, 0.05) is 6.42 Å². The second-order valence-electron chi connectivity index (χ2n) is 3.82. The van der Waals surface area contributed by atoms with E-state index in [1.165, 1.54) is 38.5 Å². The van der Waals surface area contributed by atoms with Gasteiger partial charge in [-0.05, 0) is 18.0 Å². The van der Waals surface area contributed by atoms with Gasteiger partial charge in [0.1, 0.15) is 0 Å². The van der Waals surface area contributed by atoms with Crippen molar-refractivity contribution in [3.63, 3.8) is 0 Å². The van der Waals surface area contributed by atoms with Crippen molar-refractivity contribution in [2.24, 2.45) is 0 Å². The zero-order valence-electron chi connectivity index (χ0n) is 9.34. The topological polar surface area (TPSA) is 38.9 Å². The normalized spacial score (nSPS) is 10.8. The Morgan fingerprint density at radius 1 is 1.00 bits per heavy atom. The van der Waals surface area contributed by atoms with E-state index in [4.69, 9.17) is 16.0 Å². The molecule has 0 saturated heterocycles. The van der Waals surface area contributed by atoms with E-state index < -0.39 is 0 Å². The van der Waals surface area contributed by atoms with Gasteiger partial charge in [-0.15, -0.1) is 5.10 Å². The van der Waals surface area contributed by atoms with Crippen LogP contribution in [-0.2, 0) is 6.42 Å². The third kappa shape index (κ3) is 5.78. The van der Waals surface area contributed by atoms with Gasteiger partial charge in [0.15, 0.2) is 0 Å². The molecule has 0 bridgehead atoms. The molecule has 0 amide bonds. The second kappa shape index (κ2) is 7.69. The summed E-state index contributed by atoms with van der Waals surface area (Å²) in [6.07, 6.45) is 9.89. The Hall–Kier alpha value is -0.570. The number of hydrogen-bond donors (Lipinski definition) is 0. The molecule has 1 aromatic heterocycles. The maximum Gasteiger partial charge on any atom is 0.312 e. The van der Waals surface area contributed by atoms with Crippen LogP contribution < -0.4 is 0 Å². The molecule has 0 unspecified atom stereocenters. The average molecular weight is 231 g/mol. The van der Waals surface area contributed by atoms with Gasteiger partial charge in [0.05, 0.1) is 0 Å². The van der Waals surface area contributed by atoms with Gasteiger partial charge < -0.3 is 4.42 Å². The fourth-order valence-electron chi connectivity index (χ4n) is 1.57. The summed E-state index contributed by atoms with van der Waals surface area (Å²) in [7, 11) is 0. The van der Waals surface area contributed by atoms with Crippen molar-refractivity contribution in [1.82, 2.24) is 10.2 Å². The van der Waals surface area contributed by atoms with Crippen molar-refractivity contribution in [2.75, 3.05) is 0 Å². The van der Waals surface area contributed by atoms with Crippen LogP contribution in [-0.4, -0.2) is 10.2 Å². The second-order valence-corrected chi connectivity index (χ2v) is 4.14. The number of halogens is 1. The van der Waals surface area contributed by atoms with Gasteiger partial charge in [-0.3, -0.25) is 0 Å². The lowest BCUT2D eigenvalue weighted by Gasteiger charge is -1.98. The van der Waals surface area contributed by atoms with Crippen LogP contribution >= 0.6 is 11.6 Å². The van der Waals surface area contributed by atoms with E-state index in [1.807, 2.05) is 0 Å². The molecule has 4 heteroatoms. The summed E-state index contributed by atoms with van der Waals surface area (Å²) in [6.45, 7) is 2.24. The summed E-state index contributed by atoms with van der Waals surface area (Å²) in [5.74, 6) is 0.661. The predicted octanol–water partition coefficient (Wildman–Crippen LogP) is 4.02. The fourth-order valence-corrected chi connectivity index (χ4v) is 1.69. The highest BCUT2D eigenvalue weighted by Gasteiger charge is 2.02. The Balaban J connectivity index is 1.93. The third-order valence-corrected chi connectivity index (χ3v) is 2.59. The van der Waals surface area contributed by atoms with Gasteiger partial charge in [-0.2, -0.15) is 0 Å². The summed E-state index contributed by atoms with van der Waals surface area (Å²) in [5, 5.41) is 7.57. The molecule has 1 heterocycles. The molecule has 0 N–H and O–H groups in total. The summed E-state index contributed by atoms with van der Waals surface area (Å²) in [4.78, 5) is 0. The maximum absolute atomic E-state index is 5.52. The highest BCUT2D eigenvalue weighted by atomic mass is 35.5. The molecule has 0 aliphatic heterocycles. The van der Waals surface area contributed by atoms with Crippen LogP contribution in [0.25, 0.3) is 0 Å². The molecule has 0 aliphatic carbocycles. The molecule has 0 aromatic carbocycles. The molecule has 1 aromatic rings. The molecule has 0 aliphatic rings. The van der Waals surface area contributed by atoms with Crippen LogP contribution in [0.15, 0.2) is 4.42 Å². The largest absolute Gasteiger partial charge is 0.412 e. The summed E-state index contributed by atoms with van der Waals surface area (Å²) in [6, 6.07) is 0. The van der Waals surface area contributed by atoms with E-state index >= 15 is 0 Å². The Morgan fingerprint density at radius 3 is 2.27 bits per heavy atom. The molecular formula is C11H19ClN2O. The number of unbranched alkanes of at least 4 members (excludes halogenated alkanes) is 6. The zero-order valence-corrected chi connectivity index (χ0v) is 10.1. The van der Waals surface area contributed by atoms with Gasteiger partial charge >= 0.3 is 5.35 Å². The van der Waals surface area contributed by atoms with E-state index in [9.17, 15) is 0 Å². The Morgan fingerprint density at radius 2 is 1.67 bits per heavy atom. The first kappa shape index (κ1) is 12.5. The van der Waals surface area contributed by atoms with Crippen LogP contribution in [0.1, 0.15) is 57.8 Å². The minimum absolute atomic E-state index is 0.146. The van der Waals surface area contributed by atoms with Gasteiger partial charge in [-0.1, -0.05) is 50.5 Å².